The zero-order chi connectivity index (χ0) is 12.4. The topological polar surface area (TPSA) is 27.7 Å². The molecule has 1 heterocycles. The SMILES string of the molecule is COCCC[C@@H](Cl)B1OC(C)(C)C(C)(C)O1. The molecule has 0 amide bonds. The standard InChI is InChI=1S/C11H22BClO3/c1-10(2)11(3,4)16-12(15-10)9(13)7-6-8-14-5/h9H,6-8H2,1-5H3/t9-/m1/s1. The fourth-order valence-electron chi connectivity index (χ4n) is 1.60. The van der Waals surface area contributed by atoms with E-state index in [9.17, 15) is 0 Å². The van der Waals surface area contributed by atoms with Crippen LogP contribution in [0.1, 0.15) is 40.5 Å². The Labute approximate surface area is 104 Å². The molecule has 1 aliphatic rings. The predicted octanol–water partition coefficient (Wildman–Crippen LogP) is 2.65. The van der Waals surface area contributed by atoms with Crippen molar-refractivity contribution < 1.29 is 14.0 Å². The van der Waals surface area contributed by atoms with Crippen molar-refractivity contribution in [1.82, 2.24) is 0 Å². The lowest BCUT2D eigenvalue weighted by molar-refractivity contribution is 0.00578. The molecule has 0 aromatic carbocycles. The smallest absolute Gasteiger partial charge is 0.402 e. The zero-order valence-electron chi connectivity index (χ0n) is 10.9. The van der Waals surface area contributed by atoms with E-state index >= 15 is 0 Å². The van der Waals surface area contributed by atoms with Crippen molar-refractivity contribution in [1.29, 1.82) is 0 Å². The van der Waals surface area contributed by atoms with Crippen LogP contribution >= 0.6 is 11.6 Å². The van der Waals surface area contributed by atoms with Crippen LogP contribution in [0.2, 0.25) is 0 Å². The normalized spacial score (nSPS) is 24.8. The summed E-state index contributed by atoms with van der Waals surface area (Å²) < 4.78 is 16.7. The van der Waals surface area contributed by atoms with Gasteiger partial charge in [0.2, 0.25) is 0 Å². The highest BCUT2D eigenvalue weighted by Gasteiger charge is 2.53. The first-order chi connectivity index (χ1) is 7.30. The molecule has 0 saturated carbocycles. The van der Waals surface area contributed by atoms with Crippen LogP contribution in [0.25, 0.3) is 0 Å². The summed E-state index contributed by atoms with van der Waals surface area (Å²) in [5.41, 5.74) is -0.599. The third-order valence-electron chi connectivity index (χ3n) is 3.40. The van der Waals surface area contributed by atoms with Gasteiger partial charge in [0.25, 0.3) is 0 Å². The van der Waals surface area contributed by atoms with E-state index in [0.717, 1.165) is 19.4 Å². The average molecular weight is 249 g/mol. The zero-order valence-corrected chi connectivity index (χ0v) is 11.6. The number of hydrogen-bond acceptors (Lipinski definition) is 3. The van der Waals surface area contributed by atoms with Gasteiger partial charge in [-0.15, -0.1) is 11.6 Å². The molecule has 0 aromatic heterocycles. The Morgan fingerprint density at radius 2 is 1.69 bits per heavy atom. The Hall–Kier alpha value is 0.235. The molecule has 0 bridgehead atoms. The average Bonchev–Trinajstić information content (AvgIpc) is 2.36. The molecule has 16 heavy (non-hydrogen) atoms. The molecule has 5 heteroatoms. The van der Waals surface area contributed by atoms with Crippen LogP contribution in [0.15, 0.2) is 0 Å². The number of ether oxygens (including phenoxy) is 1. The Bertz CT molecular complexity index is 217. The summed E-state index contributed by atoms with van der Waals surface area (Å²) >= 11 is 6.27. The number of methoxy groups -OCH3 is 1. The highest BCUT2D eigenvalue weighted by Crippen LogP contribution is 2.38. The molecule has 0 radical (unpaired) electrons. The van der Waals surface area contributed by atoms with Crippen LogP contribution in [-0.2, 0) is 14.0 Å². The third-order valence-corrected chi connectivity index (χ3v) is 3.82. The van der Waals surface area contributed by atoms with E-state index < -0.39 is 0 Å². The fraction of sp³-hybridized carbons (Fsp3) is 1.00. The molecule has 0 N–H and O–H groups in total. The van der Waals surface area contributed by atoms with Gasteiger partial charge in [-0.25, -0.2) is 0 Å². The van der Waals surface area contributed by atoms with Crippen LogP contribution < -0.4 is 0 Å². The highest BCUT2D eigenvalue weighted by molar-refractivity contribution is 6.59. The number of halogens is 1. The molecule has 1 aliphatic heterocycles. The van der Waals surface area contributed by atoms with Gasteiger partial charge in [-0.3, -0.25) is 0 Å². The van der Waals surface area contributed by atoms with Crippen molar-refractivity contribution in [3.8, 4) is 0 Å². The largest absolute Gasteiger partial charge is 0.476 e. The van der Waals surface area contributed by atoms with E-state index in [2.05, 4.69) is 0 Å². The van der Waals surface area contributed by atoms with Gasteiger partial charge in [0.15, 0.2) is 0 Å². The van der Waals surface area contributed by atoms with Gasteiger partial charge < -0.3 is 14.0 Å². The van der Waals surface area contributed by atoms with Gasteiger partial charge in [0, 0.05) is 13.7 Å². The first-order valence-electron chi connectivity index (χ1n) is 5.79. The molecule has 3 nitrogen and oxygen atoms in total. The van der Waals surface area contributed by atoms with Gasteiger partial charge in [0.1, 0.15) is 0 Å². The molecule has 0 aliphatic carbocycles. The lowest BCUT2D eigenvalue weighted by Crippen LogP contribution is -2.41. The Morgan fingerprint density at radius 3 is 2.12 bits per heavy atom. The van der Waals surface area contributed by atoms with E-state index in [1.807, 2.05) is 27.7 Å². The van der Waals surface area contributed by atoms with Gasteiger partial charge in [-0.1, -0.05) is 0 Å². The molecule has 0 aromatic rings. The first kappa shape index (κ1) is 14.3. The van der Waals surface area contributed by atoms with Crippen LogP contribution in [0, 0.1) is 0 Å². The van der Waals surface area contributed by atoms with Gasteiger partial charge in [-0.05, 0) is 40.5 Å². The van der Waals surface area contributed by atoms with Gasteiger partial charge in [0.05, 0.1) is 16.5 Å². The summed E-state index contributed by atoms with van der Waals surface area (Å²) in [6.45, 7) is 8.86. The molecule has 1 fully saturated rings. The van der Waals surface area contributed by atoms with Crippen LogP contribution in [-0.4, -0.2) is 37.3 Å². The quantitative estimate of drug-likeness (QED) is 0.425. The minimum absolute atomic E-state index is 0.115. The van der Waals surface area contributed by atoms with Crippen molar-refractivity contribution in [2.45, 2.75) is 57.0 Å². The molecular formula is C11H22BClO3. The molecule has 1 saturated heterocycles. The van der Waals surface area contributed by atoms with E-state index in [1.165, 1.54) is 0 Å². The maximum absolute atomic E-state index is 6.27. The molecule has 1 rings (SSSR count). The van der Waals surface area contributed by atoms with Crippen molar-refractivity contribution in [2.75, 3.05) is 13.7 Å². The van der Waals surface area contributed by atoms with Crippen molar-refractivity contribution in [2.24, 2.45) is 0 Å². The Kier molecular flexibility index (Phi) is 4.70. The van der Waals surface area contributed by atoms with E-state index in [1.54, 1.807) is 7.11 Å². The third kappa shape index (κ3) is 3.13. The van der Waals surface area contributed by atoms with Gasteiger partial charge in [-0.2, -0.15) is 0 Å². The van der Waals surface area contributed by atoms with Crippen LogP contribution in [0.4, 0.5) is 0 Å². The van der Waals surface area contributed by atoms with Crippen molar-refractivity contribution in [3.63, 3.8) is 0 Å². The summed E-state index contributed by atoms with van der Waals surface area (Å²) in [4.78, 5) is 0. The van der Waals surface area contributed by atoms with Crippen LogP contribution in [0.5, 0.6) is 0 Å². The number of hydrogen-bond donors (Lipinski definition) is 0. The van der Waals surface area contributed by atoms with Crippen molar-refractivity contribution in [3.05, 3.63) is 0 Å². The van der Waals surface area contributed by atoms with Crippen molar-refractivity contribution >= 4 is 18.7 Å². The lowest BCUT2D eigenvalue weighted by Gasteiger charge is -2.32. The molecule has 0 spiro atoms. The lowest BCUT2D eigenvalue weighted by atomic mass is 9.81. The van der Waals surface area contributed by atoms with Gasteiger partial charge >= 0.3 is 7.12 Å². The maximum Gasteiger partial charge on any atom is 0.476 e. The molecule has 1 atom stereocenters. The fourth-order valence-corrected chi connectivity index (χ4v) is 1.85. The second-order valence-electron chi connectivity index (χ2n) is 5.28. The first-order valence-corrected chi connectivity index (χ1v) is 6.22. The van der Waals surface area contributed by atoms with E-state index in [0.29, 0.717) is 0 Å². The number of alkyl halides is 1. The monoisotopic (exact) mass is 248 g/mol. The van der Waals surface area contributed by atoms with E-state index in [4.69, 9.17) is 25.6 Å². The summed E-state index contributed by atoms with van der Waals surface area (Å²) in [6.07, 6.45) is 1.76. The molecule has 0 unspecified atom stereocenters. The van der Waals surface area contributed by atoms with Crippen LogP contribution in [0.3, 0.4) is 0 Å². The second-order valence-corrected chi connectivity index (χ2v) is 5.84. The second kappa shape index (κ2) is 5.26. The summed E-state index contributed by atoms with van der Waals surface area (Å²) in [5, 5.41) is -0.115. The summed E-state index contributed by atoms with van der Waals surface area (Å²) in [6, 6.07) is 0. The number of rotatable bonds is 5. The molecule has 94 valence electrons. The summed E-state index contributed by atoms with van der Waals surface area (Å²) in [7, 11) is 1.38. The predicted molar refractivity (Wildman–Crippen MR) is 66.8 cm³/mol. The highest BCUT2D eigenvalue weighted by atomic mass is 35.5. The van der Waals surface area contributed by atoms with E-state index in [-0.39, 0.29) is 23.6 Å². The minimum atomic E-state index is -0.316. The Morgan fingerprint density at radius 1 is 1.19 bits per heavy atom. The maximum atomic E-state index is 6.27. The Balaban J connectivity index is 2.46. The molecular weight excluding hydrogens is 226 g/mol. The minimum Gasteiger partial charge on any atom is -0.402 e. The summed E-state index contributed by atoms with van der Waals surface area (Å²) in [5.74, 6) is 0.